The molecular weight excluding hydrogens is 378 g/mol. The molecule has 1 aromatic heterocycles. The van der Waals surface area contributed by atoms with Crippen LogP contribution in [0.4, 0.5) is 5.69 Å². The zero-order valence-electron chi connectivity index (χ0n) is 16.9. The number of carbonyl (C=O) groups is 2. The summed E-state index contributed by atoms with van der Waals surface area (Å²) in [6.07, 6.45) is 4.13. The molecule has 0 unspecified atom stereocenters. The van der Waals surface area contributed by atoms with Crippen LogP contribution in [0.2, 0.25) is 0 Å². The second-order valence-electron chi connectivity index (χ2n) is 6.85. The van der Waals surface area contributed by atoms with Gasteiger partial charge in [-0.2, -0.15) is 0 Å². The summed E-state index contributed by atoms with van der Waals surface area (Å²) in [6, 6.07) is 18.6. The van der Waals surface area contributed by atoms with Gasteiger partial charge in [-0.1, -0.05) is 36.4 Å². The molecule has 1 heterocycles. The molecule has 0 saturated heterocycles. The normalized spacial score (nSPS) is 10.3. The Morgan fingerprint density at radius 2 is 1.80 bits per heavy atom. The molecule has 0 spiro atoms. The van der Waals surface area contributed by atoms with Crippen LogP contribution < -0.4 is 15.4 Å². The first-order valence-corrected chi connectivity index (χ1v) is 9.88. The zero-order valence-corrected chi connectivity index (χ0v) is 16.9. The smallest absolute Gasteiger partial charge is 0.257 e. The molecule has 30 heavy (non-hydrogen) atoms. The van der Waals surface area contributed by atoms with Gasteiger partial charge in [-0.15, -0.1) is 0 Å². The van der Waals surface area contributed by atoms with Gasteiger partial charge in [0.25, 0.3) is 5.91 Å². The number of aromatic nitrogens is 1. The lowest BCUT2D eigenvalue weighted by Gasteiger charge is -2.12. The number of amides is 2. The Kier molecular flexibility index (Phi) is 7.55. The van der Waals surface area contributed by atoms with Crippen molar-refractivity contribution in [1.82, 2.24) is 10.3 Å². The highest BCUT2D eigenvalue weighted by Crippen LogP contribution is 2.17. The molecule has 3 rings (SSSR count). The summed E-state index contributed by atoms with van der Waals surface area (Å²) in [7, 11) is 0. The van der Waals surface area contributed by atoms with Gasteiger partial charge in [0, 0.05) is 31.0 Å². The first-order valence-electron chi connectivity index (χ1n) is 9.88. The van der Waals surface area contributed by atoms with Crippen molar-refractivity contribution in [2.24, 2.45) is 0 Å². The Labute approximate surface area is 176 Å². The number of aryl methyl sites for hydroxylation is 1. The lowest BCUT2D eigenvalue weighted by molar-refractivity contribution is -0.121. The van der Waals surface area contributed by atoms with Crippen molar-refractivity contribution < 1.29 is 14.3 Å². The number of nitrogens with zero attached hydrogens (tertiary/aromatic N) is 1. The number of nitrogens with one attached hydrogen (secondary N) is 2. The first-order chi connectivity index (χ1) is 14.6. The molecule has 0 atom stereocenters. The number of ether oxygens (including phenoxy) is 1. The molecule has 0 fully saturated rings. The number of anilines is 1. The zero-order chi connectivity index (χ0) is 21.2. The monoisotopic (exact) mass is 403 g/mol. The maximum absolute atomic E-state index is 12.4. The average Bonchev–Trinajstić information content (AvgIpc) is 2.78. The van der Waals surface area contributed by atoms with E-state index < -0.39 is 0 Å². The average molecular weight is 403 g/mol. The minimum absolute atomic E-state index is 0.0585. The Bertz CT molecular complexity index is 990. The molecule has 2 amide bonds. The Hall–Kier alpha value is -3.67. The highest BCUT2D eigenvalue weighted by Gasteiger charge is 2.10. The largest absolute Gasteiger partial charge is 0.493 e. The van der Waals surface area contributed by atoms with Gasteiger partial charge in [0.15, 0.2) is 0 Å². The SMILES string of the molecule is Cc1ccccc1OCCCC(=O)NCc1ccccc1NC(=O)c1cccnc1. The summed E-state index contributed by atoms with van der Waals surface area (Å²) in [5.74, 6) is 0.545. The predicted molar refractivity (Wildman–Crippen MR) is 116 cm³/mol. The van der Waals surface area contributed by atoms with Crippen LogP contribution in [0.15, 0.2) is 73.1 Å². The summed E-state index contributed by atoms with van der Waals surface area (Å²) in [6.45, 7) is 2.81. The molecule has 0 radical (unpaired) electrons. The summed E-state index contributed by atoms with van der Waals surface area (Å²) in [5, 5.41) is 5.78. The van der Waals surface area contributed by atoms with Gasteiger partial charge in [0.2, 0.25) is 5.91 Å². The van der Waals surface area contributed by atoms with E-state index in [0.717, 1.165) is 16.9 Å². The fourth-order valence-corrected chi connectivity index (χ4v) is 2.90. The van der Waals surface area contributed by atoms with Crippen molar-refractivity contribution >= 4 is 17.5 Å². The van der Waals surface area contributed by atoms with Crippen LogP contribution in [0.3, 0.4) is 0 Å². The first kappa shape index (κ1) is 21.0. The standard InChI is InChI=1S/C24H25N3O3/c1-18-8-2-5-12-22(18)30-15-7-13-23(28)26-17-19-9-3-4-11-21(19)27-24(29)20-10-6-14-25-16-20/h2-6,8-12,14,16H,7,13,15,17H2,1H3,(H,26,28)(H,27,29). The van der Waals surface area contributed by atoms with Crippen LogP contribution in [0.25, 0.3) is 0 Å². The van der Waals surface area contributed by atoms with E-state index in [-0.39, 0.29) is 11.8 Å². The van der Waals surface area contributed by atoms with E-state index in [1.807, 2.05) is 55.5 Å². The minimum atomic E-state index is -0.241. The third kappa shape index (κ3) is 6.17. The van der Waals surface area contributed by atoms with E-state index in [4.69, 9.17) is 4.74 Å². The number of benzene rings is 2. The Balaban J connectivity index is 1.45. The second kappa shape index (κ2) is 10.8. The molecule has 3 aromatic rings. The van der Waals surface area contributed by atoms with Crippen molar-refractivity contribution in [2.45, 2.75) is 26.3 Å². The molecule has 2 aromatic carbocycles. The molecule has 0 aliphatic carbocycles. The van der Waals surface area contributed by atoms with E-state index in [0.29, 0.717) is 37.2 Å². The molecule has 6 heteroatoms. The van der Waals surface area contributed by atoms with Gasteiger partial charge < -0.3 is 15.4 Å². The number of carbonyl (C=O) groups excluding carboxylic acids is 2. The maximum Gasteiger partial charge on any atom is 0.257 e. The van der Waals surface area contributed by atoms with Crippen molar-refractivity contribution in [3.05, 3.63) is 89.7 Å². The van der Waals surface area contributed by atoms with E-state index in [1.165, 1.54) is 6.20 Å². The Morgan fingerprint density at radius 1 is 1.00 bits per heavy atom. The van der Waals surface area contributed by atoms with Gasteiger partial charge >= 0.3 is 0 Å². The molecule has 0 aliphatic rings. The fraction of sp³-hybridized carbons (Fsp3) is 0.208. The lowest BCUT2D eigenvalue weighted by atomic mass is 10.1. The molecule has 154 valence electrons. The van der Waals surface area contributed by atoms with Crippen molar-refractivity contribution in [3.63, 3.8) is 0 Å². The maximum atomic E-state index is 12.4. The fourth-order valence-electron chi connectivity index (χ4n) is 2.90. The molecule has 0 aliphatic heterocycles. The van der Waals surface area contributed by atoms with E-state index in [1.54, 1.807) is 18.3 Å². The van der Waals surface area contributed by atoms with Crippen molar-refractivity contribution in [1.29, 1.82) is 0 Å². The molecule has 6 nitrogen and oxygen atoms in total. The van der Waals surface area contributed by atoms with Crippen LogP contribution in [0, 0.1) is 6.92 Å². The predicted octanol–water partition coefficient (Wildman–Crippen LogP) is 4.12. The highest BCUT2D eigenvalue weighted by atomic mass is 16.5. The van der Waals surface area contributed by atoms with Gasteiger partial charge in [0.05, 0.1) is 12.2 Å². The van der Waals surface area contributed by atoms with Crippen molar-refractivity contribution in [2.75, 3.05) is 11.9 Å². The Morgan fingerprint density at radius 3 is 2.60 bits per heavy atom. The third-order valence-electron chi connectivity index (χ3n) is 4.56. The summed E-state index contributed by atoms with van der Waals surface area (Å²) >= 11 is 0. The van der Waals surface area contributed by atoms with Crippen LogP contribution >= 0.6 is 0 Å². The molecular formula is C24H25N3O3. The molecule has 0 bridgehead atoms. The lowest BCUT2D eigenvalue weighted by Crippen LogP contribution is -2.24. The molecule has 2 N–H and O–H groups in total. The van der Waals surface area contributed by atoms with Crippen LogP contribution in [-0.4, -0.2) is 23.4 Å². The number of rotatable bonds is 9. The van der Waals surface area contributed by atoms with Gasteiger partial charge in [-0.05, 0) is 48.7 Å². The van der Waals surface area contributed by atoms with Crippen LogP contribution in [0.5, 0.6) is 5.75 Å². The van der Waals surface area contributed by atoms with Gasteiger partial charge in [0.1, 0.15) is 5.75 Å². The van der Waals surface area contributed by atoms with E-state index in [9.17, 15) is 9.59 Å². The quantitative estimate of drug-likeness (QED) is 0.527. The van der Waals surface area contributed by atoms with Crippen LogP contribution in [0.1, 0.15) is 34.3 Å². The molecule has 0 saturated carbocycles. The number of para-hydroxylation sites is 2. The van der Waals surface area contributed by atoms with Crippen LogP contribution in [-0.2, 0) is 11.3 Å². The number of hydrogen-bond donors (Lipinski definition) is 2. The highest BCUT2D eigenvalue weighted by molar-refractivity contribution is 6.04. The summed E-state index contributed by atoms with van der Waals surface area (Å²) in [5.41, 5.74) is 3.05. The number of pyridine rings is 1. The van der Waals surface area contributed by atoms with Gasteiger partial charge in [-0.25, -0.2) is 0 Å². The van der Waals surface area contributed by atoms with Gasteiger partial charge in [-0.3, -0.25) is 14.6 Å². The summed E-state index contributed by atoms with van der Waals surface area (Å²) in [4.78, 5) is 28.5. The number of hydrogen-bond acceptors (Lipinski definition) is 4. The van der Waals surface area contributed by atoms with E-state index >= 15 is 0 Å². The third-order valence-corrected chi connectivity index (χ3v) is 4.56. The minimum Gasteiger partial charge on any atom is -0.493 e. The summed E-state index contributed by atoms with van der Waals surface area (Å²) < 4.78 is 5.72. The second-order valence-corrected chi connectivity index (χ2v) is 6.85. The van der Waals surface area contributed by atoms with Crippen molar-refractivity contribution in [3.8, 4) is 5.75 Å². The van der Waals surface area contributed by atoms with E-state index in [2.05, 4.69) is 15.6 Å². The topological polar surface area (TPSA) is 80.3 Å².